The number of halogens is 2. The van der Waals surface area contributed by atoms with E-state index in [2.05, 4.69) is 28.8 Å². The van der Waals surface area contributed by atoms with Crippen LogP contribution in [0.2, 0.25) is 0 Å². The van der Waals surface area contributed by atoms with Gasteiger partial charge in [-0.3, -0.25) is 14.5 Å². The molecule has 0 saturated carbocycles. The summed E-state index contributed by atoms with van der Waals surface area (Å²) in [6.45, 7) is 4.41. The van der Waals surface area contributed by atoms with Gasteiger partial charge in [-0.05, 0) is 43.2 Å². The van der Waals surface area contributed by atoms with Crippen molar-refractivity contribution < 1.29 is 9.59 Å². The normalized spacial score (nSPS) is 14.7. The lowest BCUT2D eigenvalue weighted by Gasteiger charge is -2.39. The highest BCUT2D eigenvalue weighted by atomic mass is 35.5. The van der Waals surface area contributed by atoms with Crippen LogP contribution in [0, 0.1) is 6.92 Å². The molecule has 7 heteroatoms. The first kappa shape index (κ1) is 23.4. The summed E-state index contributed by atoms with van der Waals surface area (Å²) in [6.07, 6.45) is 3.67. The van der Waals surface area contributed by atoms with Crippen LogP contribution >= 0.6 is 23.2 Å². The Bertz CT molecular complexity index is 1140. The Morgan fingerprint density at radius 1 is 1.00 bits per heavy atom. The van der Waals surface area contributed by atoms with E-state index in [9.17, 15) is 9.59 Å². The van der Waals surface area contributed by atoms with Crippen molar-refractivity contribution in [2.45, 2.75) is 37.6 Å². The zero-order valence-electron chi connectivity index (χ0n) is 18.7. The van der Waals surface area contributed by atoms with Crippen LogP contribution in [0.25, 0.3) is 5.69 Å². The maximum absolute atomic E-state index is 13.9. The fourth-order valence-electron chi connectivity index (χ4n) is 4.32. The number of rotatable bonds is 7. The zero-order chi connectivity index (χ0) is 23.5. The Labute approximate surface area is 204 Å². The molecule has 0 fully saturated rings. The van der Waals surface area contributed by atoms with Crippen molar-refractivity contribution in [3.8, 4) is 5.69 Å². The molecule has 1 aliphatic rings. The molecule has 1 unspecified atom stereocenters. The minimum atomic E-state index is -1.20. The van der Waals surface area contributed by atoms with Crippen molar-refractivity contribution in [1.82, 2.24) is 9.47 Å². The number of alkyl halides is 2. The molecule has 1 aliphatic heterocycles. The van der Waals surface area contributed by atoms with Crippen molar-refractivity contribution in [2.24, 2.45) is 0 Å². The lowest BCUT2D eigenvalue weighted by atomic mass is 9.97. The number of benzene rings is 2. The van der Waals surface area contributed by atoms with Gasteiger partial charge in [-0.2, -0.15) is 0 Å². The number of anilines is 1. The van der Waals surface area contributed by atoms with E-state index in [4.69, 9.17) is 23.2 Å². The number of amides is 2. The SMILES string of the molecule is CCCCN(CC(=O)N1c2ccccc2-n2cccc2C1c1ccc(C)cc1)C(=O)C(Cl)Cl. The Kier molecular flexibility index (Phi) is 7.11. The van der Waals surface area contributed by atoms with Crippen LogP contribution in [0.5, 0.6) is 0 Å². The zero-order valence-corrected chi connectivity index (χ0v) is 20.3. The molecular weight excluding hydrogens is 457 g/mol. The standard InChI is InChI=1S/C26H27Cl2N3O2/c1-3-4-15-29(26(33)25(27)28)17-23(32)31-21-9-6-5-8-20(21)30-16-7-10-22(30)24(31)19-13-11-18(2)12-14-19/h5-14,16,24-25H,3-4,15,17H2,1-2H3. The second kappa shape index (κ2) is 10.0. The molecule has 3 aromatic rings. The maximum Gasteiger partial charge on any atom is 0.256 e. The first-order valence-corrected chi connectivity index (χ1v) is 12.0. The van der Waals surface area contributed by atoms with Gasteiger partial charge in [-0.1, -0.05) is 78.5 Å². The highest BCUT2D eigenvalue weighted by Gasteiger charge is 2.37. The van der Waals surface area contributed by atoms with E-state index in [-0.39, 0.29) is 18.5 Å². The molecule has 0 saturated heterocycles. The number of aryl methyl sites for hydroxylation is 1. The first-order chi connectivity index (χ1) is 15.9. The van der Waals surface area contributed by atoms with Gasteiger partial charge in [0.15, 0.2) is 4.84 Å². The van der Waals surface area contributed by atoms with E-state index in [1.165, 1.54) is 4.90 Å². The van der Waals surface area contributed by atoms with Gasteiger partial charge in [-0.15, -0.1) is 0 Å². The topological polar surface area (TPSA) is 45.6 Å². The Balaban J connectivity index is 1.78. The van der Waals surface area contributed by atoms with Gasteiger partial charge in [0.25, 0.3) is 5.91 Å². The van der Waals surface area contributed by atoms with Crippen LogP contribution < -0.4 is 4.90 Å². The summed E-state index contributed by atoms with van der Waals surface area (Å²) >= 11 is 11.8. The Morgan fingerprint density at radius 2 is 1.70 bits per heavy atom. The van der Waals surface area contributed by atoms with Crippen LogP contribution in [0.4, 0.5) is 5.69 Å². The van der Waals surface area contributed by atoms with Crippen molar-refractivity contribution in [1.29, 1.82) is 0 Å². The van der Waals surface area contributed by atoms with Crippen molar-refractivity contribution in [2.75, 3.05) is 18.0 Å². The lowest BCUT2D eigenvalue weighted by molar-refractivity contribution is -0.134. The van der Waals surface area contributed by atoms with Crippen molar-refractivity contribution >= 4 is 40.7 Å². The van der Waals surface area contributed by atoms with Gasteiger partial charge in [0.2, 0.25) is 5.91 Å². The van der Waals surface area contributed by atoms with Crippen LogP contribution in [0.1, 0.15) is 42.6 Å². The molecule has 0 N–H and O–H groups in total. The van der Waals surface area contributed by atoms with Crippen molar-refractivity contribution in [3.63, 3.8) is 0 Å². The summed E-state index contributed by atoms with van der Waals surface area (Å²) in [7, 11) is 0. The van der Waals surface area contributed by atoms with Gasteiger partial charge in [0.05, 0.1) is 17.1 Å². The minimum absolute atomic E-state index is 0.0911. The third-order valence-electron chi connectivity index (χ3n) is 5.99. The molecule has 2 aromatic carbocycles. The van der Waals surface area contributed by atoms with E-state index in [0.717, 1.165) is 41.0 Å². The van der Waals surface area contributed by atoms with E-state index >= 15 is 0 Å². The Hall–Kier alpha value is -2.76. The molecule has 2 heterocycles. The number of unbranched alkanes of at least 4 members (excludes halogenated alkanes) is 1. The van der Waals surface area contributed by atoms with E-state index < -0.39 is 10.7 Å². The molecule has 172 valence electrons. The quantitative estimate of drug-likeness (QED) is 0.407. The summed E-state index contributed by atoms with van der Waals surface area (Å²) in [5.41, 5.74) is 4.86. The predicted molar refractivity (Wildman–Crippen MR) is 133 cm³/mol. The van der Waals surface area contributed by atoms with Gasteiger partial charge in [0, 0.05) is 12.7 Å². The third-order valence-corrected chi connectivity index (χ3v) is 6.36. The summed E-state index contributed by atoms with van der Waals surface area (Å²) in [6, 6.07) is 19.7. The first-order valence-electron chi connectivity index (χ1n) is 11.1. The molecular formula is C26H27Cl2N3O2. The van der Waals surface area contributed by atoms with Crippen LogP contribution in [0.3, 0.4) is 0 Å². The number of carbonyl (C=O) groups is 2. The summed E-state index contributed by atoms with van der Waals surface area (Å²) in [5, 5.41) is 0. The Morgan fingerprint density at radius 3 is 2.36 bits per heavy atom. The molecule has 0 bridgehead atoms. The summed E-state index contributed by atoms with van der Waals surface area (Å²) in [5.74, 6) is -0.625. The van der Waals surface area contributed by atoms with Crippen LogP contribution in [-0.4, -0.2) is 39.2 Å². The van der Waals surface area contributed by atoms with Gasteiger partial charge >= 0.3 is 0 Å². The van der Waals surface area contributed by atoms with E-state index in [0.29, 0.717) is 6.54 Å². The lowest BCUT2D eigenvalue weighted by Crippen LogP contribution is -2.48. The number of carbonyl (C=O) groups excluding carboxylic acids is 2. The van der Waals surface area contributed by atoms with Gasteiger partial charge in [0.1, 0.15) is 12.6 Å². The molecule has 1 aromatic heterocycles. The van der Waals surface area contributed by atoms with Crippen LogP contribution in [0.15, 0.2) is 66.9 Å². The molecule has 0 radical (unpaired) electrons. The number of fused-ring (bicyclic) bond motifs is 3. The molecule has 2 amide bonds. The average molecular weight is 484 g/mol. The fourth-order valence-corrected chi connectivity index (χ4v) is 4.60. The number of hydrogen-bond acceptors (Lipinski definition) is 2. The monoisotopic (exact) mass is 483 g/mol. The van der Waals surface area contributed by atoms with Crippen LogP contribution in [-0.2, 0) is 9.59 Å². The van der Waals surface area contributed by atoms with E-state index in [1.54, 1.807) is 4.90 Å². The maximum atomic E-state index is 13.9. The number of nitrogens with zero attached hydrogens (tertiary/aromatic N) is 3. The largest absolute Gasteiger partial charge is 0.331 e. The predicted octanol–water partition coefficient (Wildman–Crippen LogP) is 5.65. The molecule has 0 spiro atoms. The molecule has 0 aliphatic carbocycles. The summed E-state index contributed by atoms with van der Waals surface area (Å²) < 4.78 is 2.12. The van der Waals surface area contributed by atoms with E-state index in [1.807, 2.05) is 56.4 Å². The molecule has 1 atom stereocenters. The van der Waals surface area contributed by atoms with Crippen molar-refractivity contribution in [3.05, 3.63) is 83.7 Å². The number of para-hydroxylation sites is 2. The minimum Gasteiger partial charge on any atom is -0.331 e. The third kappa shape index (κ3) is 4.66. The smallest absolute Gasteiger partial charge is 0.256 e. The van der Waals surface area contributed by atoms with Gasteiger partial charge in [-0.25, -0.2) is 0 Å². The highest BCUT2D eigenvalue weighted by molar-refractivity contribution is 6.53. The average Bonchev–Trinajstić information content (AvgIpc) is 3.31. The second-order valence-electron chi connectivity index (χ2n) is 8.28. The number of aromatic nitrogens is 1. The molecule has 5 nitrogen and oxygen atoms in total. The summed E-state index contributed by atoms with van der Waals surface area (Å²) in [4.78, 5) is 28.6. The fraction of sp³-hybridized carbons (Fsp3) is 0.308. The highest BCUT2D eigenvalue weighted by Crippen LogP contribution is 2.42. The second-order valence-corrected chi connectivity index (χ2v) is 9.38. The number of hydrogen-bond donors (Lipinski definition) is 0. The molecule has 4 rings (SSSR count). The molecule has 33 heavy (non-hydrogen) atoms. The van der Waals surface area contributed by atoms with Gasteiger partial charge < -0.3 is 9.47 Å².